The summed E-state index contributed by atoms with van der Waals surface area (Å²) in [6.07, 6.45) is 5.01. The van der Waals surface area contributed by atoms with E-state index in [1.54, 1.807) is 0 Å². The van der Waals surface area contributed by atoms with E-state index in [1.165, 1.54) is 0 Å². The van der Waals surface area contributed by atoms with E-state index in [0.717, 1.165) is 11.1 Å². The largest absolute Gasteiger partial charge is 0.262 e. The van der Waals surface area contributed by atoms with Gasteiger partial charge in [0.05, 0.1) is 0 Å². The van der Waals surface area contributed by atoms with E-state index in [-0.39, 0.29) is 6.61 Å². The van der Waals surface area contributed by atoms with E-state index < -0.39 is 0 Å². The van der Waals surface area contributed by atoms with Gasteiger partial charge in [-0.3, -0.25) is 4.84 Å². The third-order valence-corrected chi connectivity index (χ3v) is 2.15. The Labute approximate surface area is 87.6 Å². The van der Waals surface area contributed by atoms with Crippen molar-refractivity contribution >= 4 is 17.4 Å². The molecular formula is C9H10ClN3O. The Morgan fingerprint density at radius 3 is 2.79 bits per heavy atom. The summed E-state index contributed by atoms with van der Waals surface area (Å²) in [6, 6.07) is 0. The van der Waals surface area contributed by atoms with E-state index in [0.29, 0.717) is 11.0 Å². The molecule has 0 aromatic carbocycles. The van der Waals surface area contributed by atoms with Crippen LogP contribution in [-0.4, -0.2) is 16.8 Å². The fourth-order valence-corrected chi connectivity index (χ4v) is 0.999. The Balaban J connectivity index is 2.79. The van der Waals surface area contributed by atoms with Crippen LogP contribution in [0.15, 0.2) is 0 Å². The van der Waals surface area contributed by atoms with Crippen molar-refractivity contribution in [3.63, 3.8) is 0 Å². The molecule has 1 N–H and O–H groups in total. The number of rotatable bonds is 3. The lowest BCUT2D eigenvalue weighted by Crippen LogP contribution is -2.07. The van der Waals surface area contributed by atoms with Crippen molar-refractivity contribution in [2.45, 2.75) is 13.8 Å². The van der Waals surface area contributed by atoms with Crippen molar-refractivity contribution in [2.24, 2.45) is 0 Å². The highest BCUT2D eigenvalue weighted by Gasteiger charge is 2.07. The number of nitrogens with zero attached hydrogens (tertiary/aromatic N) is 2. The molecule has 0 saturated heterocycles. The van der Waals surface area contributed by atoms with Gasteiger partial charge in [0.2, 0.25) is 0 Å². The Hall–Kier alpha value is -1.31. The topological polar surface area (TPSA) is 47.0 Å². The standard InChI is InChI=1S/C9H10ClN3O/c1-4-5-14-13-9-7(3)6(2)8(10)11-12-9/h1H,5H2,2-3H3,(H,12,13). The van der Waals surface area contributed by atoms with E-state index in [1.807, 2.05) is 13.8 Å². The zero-order valence-corrected chi connectivity index (χ0v) is 8.72. The summed E-state index contributed by atoms with van der Waals surface area (Å²) in [5.41, 5.74) is 4.37. The first-order chi connectivity index (χ1) is 6.66. The van der Waals surface area contributed by atoms with Crippen molar-refractivity contribution < 1.29 is 4.84 Å². The smallest absolute Gasteiger partial charge is 0.175 e. The Morgan fingerprint density at radius 1 is 1.43 bits per heavy atom. The summed E-state index contributed by atoms with van der Waals surface area (Å²) in [5, 5.41) is 7.96. The normalized spacial score (nSPS) is 9.57. The molecule has 1 rings (SSSR count). The monoisotopic (exact) mass is 211 g/mol. The summed E-state index contributed by atoms with van der Waals surface area (Å²) < 4.78 is 0. The van der Waals surface area contributed by atoms with Gasteiger partial charge in [-0.25, -0.2) is 5.48 Å². The fraction of sp³-hybridized carbons (Fsp3) is 0.333. The summed E-state index contributed by atoms with van der Waals surface area (Å²) in [5.74, 6) is 2.85. The average molecular weight is 212 g/mol. The summed E-state index contributed by atoms with van der Waals surface area (Å²) in [4.78, 5) is 4.91. The van der Waals surface area contributed by atoms with E-state index in [4.69, 9.17) is 22.9 Å². The zero-order valence-electron chi connectivity index (χ0n) is 7.97. The molecule has 0 radical (unpaired) electrons. The first kappa shape index (κ1) is 10.8. The second-order valence-electron chi connectivity index (χ2n) is 2.68. The van der Waals surface area contributed by atoms with Crippen molar-refractivity contribution in [3.05, 3.63) is 16.3 Å². The first-order valence-corrected chi connectivity index (χ1v) is 4.35. The van der Waals surface area contributed by atoms with Gasteiger partial charge in [0, 0.05) is 5.56 Å². The number of terminal acetylenes is 1. The van der Waals surface area contributed by atoms with Gasteiger partial charge in [-0.2, -0.15) is 0 Å². The lowest BCUT2D eigenvalue weighted by molar-refractivity contribution is 0.231. The molecule has 4 nitrogen and oxygen atoms in total. The van der Waals surface area contributed by atoms with Gasteiger partial charge in [0.1, 0.15) is 6.61 Å². The molecule has 0 unspecified atom stereocenters. The minimum Gasteiger partial charge on any atom is -0.262 e. The van der Waals surface area contributed by atoms with Gasteiger partial charge in [-0.15, -0.1) is 16.6 Å². The number of halogens is 1. The molecule has 0 amide bonds. The van der Waals surface area contributed by atoms with E-state index in [9.17, 15) is 0 Å². The van der Waals surface area contributed by atoms with Crippen LogP contribution < -0.4 is 5.48 Å². The Kier molecular flexibility index (Phi) is 3.69. The van der Waals surface area contributed by atoms with E-state index in [2.05, 4.69) is 21.6 Å². The summed E-state index contributed by atoms with van der Waals surface area (Å²) >= 11 is 5.77. The molecule has 1 aromatic rings. The molecule has 0 spiro atoms. The molecule has 0 bridgehead atoms. The number of hydrogen-bond acceptors (Lipinski definition) is 4. The third kappa shape index (κ3) is 2.34. The molecule has 0 fully saturated rings. The highest BCUT2D eigenvalue weighted by atomic mass is 35.5. The van der Waals surface area contributed by atoms with Crippen LogP contribution in [0.3, 0.4) is 0 Å². The molecule has 74 valence electrons. The number of hydrogen-bond donors (Lipinski definition) is 1. The quantitative estimate of drug-likeness (QED) is 0.470. The van der Waals surface area contributed by atoms with Crippen LogP contribution in [0.1, 0.15) is 11.1 Å². The van der Waals surface area contributed by atoms with Crippen molar-refractivity contribution in [2.75, 3.05) is 12.1 Å². The van der Waals surface area contributed by atoms with Crippen LogP contribution in [-0.2, 0) is 4.84 Å². The first-order valence-electron chi connectivity index (χ1n) is 3.97. The second-order valence-corrected chi connectivity index (χ2v) is 3.04. The van der Waals surface area contributed by atoms with Crippen molar-refractivity contribution in [1.29, 1.82) is 0 Å². The van der Waals surface area contributed by atoms with Gasteiger partial charge in [0.15, 0.2) is 11.0 Å². The van der Waals surface area contributed by atoms with Crippen LogP contribution in [0.5, 0.6) is 0 Å². The lowest BCUT2D eigenvalue weighted by atomic mass is 10.2. The molecular weight excluding hydrogens is 202 g/mol. The van der Waals surface area contributed by atoms with E-state index >= 15 is 0 Å². The molecule has 0 aliphatic heterocycles. The zero-order chi connectivity index (χ0) is 10.6. The number of nitrogens with one attached hydrogen (secondary N) is 1. The minimum absolute atomic E-state index is 0.169. The lowest BCUT2D eigenvalue weighted by Gasteiger charge is -2.08. The van der Waals surface area contributed by atoms with Crippen LogP contribution in [0.4, 0.5) is 5.82 Å². The van der Waals surface area contributed by atoms with Crippen molar-refractivity contribution in [1.82, 2.24) is 10.2 Å². The SMILES string of the molecule is C#CCONc1nnc(Cl)c(C)c1C. The van der Waals surface area contributed by atoms with Gasteiger partial charge < -0.3 is 0 Å². The van der Waals surface area contributed by atoms with Crippen molar-refractivity contribution in [3.8, 4) is 12.3 Å². The van der Waals surface area contributed by atoms with Crippen LogP contribution in [0, 0.1) is 26.2 Å². The maximum atomic E-state index is 5.77. The highest BCUT2D eigenvalue weighted by molar-refractivity contribution is 6.30. The molecule has 5 heteroatoms. The van der Waals surface area contributed by atoms with Crippen LogP contribution in [0.25, 0.3) is 0 Å². The van der Waals surface area contributed by atoms with Crippen LogP contribution >= 0.6 is 11.6 Å². The van der Waals surface area contributed by atoms with Gasteiger partial charge >= 0.3 is 0 Å². The molecule has 0 aliphatic rings. The van der Waals surface area contributed by atoms with Gasteiger partial charge in [-0.05, 0) is 19.4 Å². The number of anilines is 1. The molecule has 1 heterocycles. The minimum atomic E-state index is 0.169. The maximum Gasteiger partial charge on any atom is 0.175 e. The molecule has 0 aliphatic carbocycles. The fourth-order valence-electron chi connectivity index (χ4n) is 0.819. The molecule has 0 atom stereocenters. The summed E-state index contributed by atoms with van der Waals surface area (Å²) in [7, 11) is 0. The molecule has 14 heavy (non-hydrogen) atoms. The predicted molar refractivity (Wildman–Crippen MR) is 54.9 cm³/mol. The number of aromatic nitrogens is 2. The highest BCUT2D eigenvalue weighted by Crippen LogP contribution is 2.20. The summed E-state index contributed by atoms with van der Waals surface area (Å²) in [6.45, 7) is 3.90. The van der Waals surface area contributed by atoms with Gasteiger partial charge in [0.25, 0.3) is 0 Å². The second kappa shape index (κ2) is 4.80. The maximum absolute atomic E-state index is 5.77. The molecule has 1 aromatic heterocycles. The average Bonchev–Trinajstić information content (AvgIpc) is 2.18. The third-order valence-electron chi connectivity index (χ3n) is 1.79. The van der Waals surface area contributed by atoms with Crippen LogP contribution in [0.2, 0.25) is 5.15 Å². The molecule has 0 saturated carbocycles. The Morgan fingerprint density at radius 2 is 2.14 bits per heavy atom. The Bertz CT molecular complexity index is 373. The van der Waals surface area contributed by atoms with Gasteiger partial charge in [-0.1, -0.05) is 17.5 Å². The predicted octanol–water partition coefficient (Wildman–Crippen LogP) is 1.72.